The number of carboxylic acids is 1. The van der Waals surface area contributed by atoms with Crippen molar-refractivity contribution in [1.82, 2.24) is 24.1 Å². The zero-order valence-corrected chi connectivity index (χ0v) is 11.1. The first-order chi connectivity index (χ1) is 10.1. The first-order valence-corrected chi connectivity index (χ1v) is 6.14. The second kappa shape index (κ2) is 4.82. The van der Waals surface area contributed by atoms with Gasteiger partial charge in [-0.1, -0.05) is 0 Å². The molecule has 3 heterocycles. The Balaban J connectivity index is 2.09. The predicted molar refractivity (Wildman–Crippen MR) is 72.3 cm³/mol. The lowest BCUT2D eigenvalue weighted by molar-refractivity contribution is 0.0694. The van der Waals surface area contributed by atoms with Gasteiger partial charge in [0.05, 0.1) is 17.9 Å². The summed E-state index contributed by atoms with van der Waals surface area (Å²) in [4.78, 5) is 31.1. The molecule has 0 amide bonds. The molecule has 0 atom stereocenters. The van der Waals surface area contributed by atoms with Gasteiger partial charge < -0.3 is 9.67 Å². The lowest BCUT2D eigenvalue weighted by Gasteiger charge is -2.07. The molecular formula is C13H11N5O3. The Morgan fingerprint density at radius 1 is 1.38 bits per heavy atom. The van der Waals surface area contributed by atoms with Crippen LogP contribution in [0.25, 0.3) is 5.52 Å². The fraction of sp³-hybridized carbons (Fsp3) is 0.154. The van der Waals surface area contributed by atoms with Crippen LogP contribution in [0.2, 0.25) is 0 Å². The molecule has 3 rings (SSSR count). The zero-order chi connectivity index (χ0) is 15.0. The summed E-state index contributed by atoms with van der Waals surface area (Å²) in [6.45, 7) is 1.85. The third-order valence-electron chi connectivity index (χ3n) is 3.07. The standard InChI is InChI=1S/C13H11N5O3/c1-8-4-11-12(19)17(2-3-18(11)16-8)6-10-9(13(20)21)5-14-7-15-10/h2-5,7H,6H2,1H3,(H,20,21). The Kier molecular flexibility index (Phi) is 2.98. The van der Waals surface area contributed by atoms with Crippen molar-refractivity contribution in [3.8, 4) is 0 Å². The number of carbonyl (C=O) groups is 1. The van der Waals surface area contributed by atoms with Gasteiger partial charge >= 0.3 is 5.97 Å². The predicted octanol–water partition coefficient (Wildman–Crippen LogP) is 0.341. The molecular weight excluding hydrogens is 274 g/mol. The van der Waals surface area contributed by atoms with Crippen LogP contribution >= 0.6 is 0 Å². The van der Waals surface area contributed by atoms with E-state index in [2.05, 4.69) is 15.1 Å². The quantitative estimate of drug-likeness (QED) is 0.744. The number of aryl methyl sites for hydroxylation is 1. The molecule has 0 saturated heterocycles. The molecule has 8 nitrogen and oxygen atoms in total. The molecule has 1 N–H and O–H groups in total. The summed E-state index contributed by atoms with van der Waals surface area (Å²) in [6, 6.07) is 1.68. The van der Waals surface area contributed by atoms with Gasteiger partial charge in [-0.15, -0.1) is 0 Å². The van der Waals surface area contributed by atoms with Crippen LogP contribution in [0.1, 0.15) is 21.7 Å². The average molecular weight is 285 g/mol. The van der Waals surface area contributed by atoms with E-state index in [1.54, 1.807) is 25.4 Å². The largest absolute Gasteiger partial charge is 0.478 e. The van der Waals surface area contributed by atoms with Crippen LogP contribution in [0.4, 0.5) is 0 Å². The lowest BCUT2D eigenvalue weighted by Crippen LogP contribution is -2.23. The second-order valence-electron chi connectivity index (χ2n) is 4.53. The van der Waals surface area contributed by atoms with Crippen LogP contribution in [0.5, 0.6) is 0 Å². The molecule has 0 fully saturated rings. The second-order valence-corrected chi connectivity index (χ2v) is 4.53. The fourth-order valence-corrected chi connectivity index (χ4v) is 2.09. The van der Waals surface area contributed by atoms with Gasteiger partial charge in [-0.3, -0.25) is 4.79 Å². The number of aromatic carboxylic acids is 1. The van der Waals surface area contributed by atoms with Crippen molar-refractivity contribution in [2.75, 3.05) is 0 Å². The number of fused-ring (bicyclic) bond motifs is 1. The van der Waals surface area contributed by atoms with E-state index < -0.39 is 5.97 Å². The number of hydrogen-bond acceptors (Lipinski definition) is 5. The molecule has 0 aliphatic carbocycles. The first kappa shape index (κ1) is 13.0. The first-order valence-electron chi connectivity index (χ1n) is 6.14. The monoisotopic (exact) mass is 285 g/mol. The highest BCUT2D eigenvalue weighted by atomic mass is 16.4. The van der Waals surface area contributed by atoms with Gasteiger partial charge in [-0.05, 0) is 13.0 Å². The van der Waals surface area contributed by atoms with Gasteiger partial charge in [0.1, 0.15) is 17.4 Å². The van der Waals surface area contributed by atoms with E-state index in [0.29, 0.717) is 5.52 Å². The summed E-state index contributed by atoms with van der Waals surface area (Å²) in [7, 11) is 0. The van der Waals surface area contributed by atoms with Crippen LogP contribution in [0, 0.1) is 6.92 Å². The van der Waals surface area contributed by atoms with E-state index in [1.165, 1.54) is 21.6 Å². The Labute approximate surface area is 118 Å². The van der Waals surface area contributed by atoms with Crippen molar-refractivity contribution in [2.24, 2.45) is 0 Å². The third kappa shape index (κ3) is 2.27. The van der Waals surface area contributed by atoms with Crippen LogP contribution < -0.4 is 5.56 Å². The summed E-state index contributed by atoms with van der Waals surface area (Å²) < 4.78 is 2.89. The summed E-state index contributed by atoms with van der Waals surface area (Å²) in [5, 5.41) is 13.3. The molecule has 0 aliphatic heterocycles. The molecule has 0 aliphatic rings. The van der Waals surface area contributed by atoms with Gasteiger partial charge in [-0.25, -0.2) is 19.3 Å². The minimum absolute atomic E-state index is 0.0195. The molecule has 0 unspecified atom stereocenters. The Morgan fingerprint density at radius 3 is 2.95 bits per heavy atom. The lowest BCUT2D eigenvalue weighted by atomic mass is 10.2. The SMILES string of the molecule is Cc1cc2c(=O)n(Cc3ncncc3C(=O)O)ccn2n1. The van der Waals surface area contributed by atoms with Crippen molar-refractivity contribution in [3.05, 3.63) is 58.3 Å². The highest BCUT2D eigenvalue weighted by Gasteiger charge is 2.13. The number of carboxylic acid groups (broad SMARTS) is 1. The maximum Gasteiger partial charge on any atom is 0.339 e. The van der Waals surface area contributed by atoms with E-state index in [0.717, 1.165) is 5.69 Å². The van der Waals surface area contributed by atoms with Gasteiger partial charge in [-0.2, -0.15) is 5.10 Å². The Morgan fingerprint density at radius 2 is 2.19 bits per heavy atom. The number of nitrogens with zero attached hydrogens (tertiary/aromatic N) is 5. The topological polar surface area (TPSA) is 102 Å². The Hall–Kier alpha value is -3.03. The fourth-order valence-electron chi connectivity index (χ4n) is 2.09. The highest BCUT2D eigenvalue weighted by Crippen LogP contribution is 2.06. The third-order valence-corrected chi connectivity index (χ3v) is 3.07. The average Bonchev–Trinajstić information content (AvgIpc) is 2.84. The van der Waals surface area contributed by atoms with Crippen LogP contribution in [0.3, 0.4) is 0 Å². The molecule has 8 heteroatoms. The van der Waals surface area contributed by atoms with Crippen LogP contribution in [0.15, 0.2) is 35.8 Å². The molecule has 0 aromatic carbocycles. The summed E-state index contributed by atoms with van der Waals surface area (Å²) in [5.74, 6) is -1.13. The van der Waals surface area contributed by atoms with Gasteiger partial charge in [0.25, 0.3) is 5.56 Å². The molecule has 3 aromatic rings. The smallest absolute Gasteiger partial charge is 0.339 e. The molecule has 106 valence electrons. The van der Waals surface area contributed by atoms with Crippen molar-refractivity contribution >= 4 is 11.5 Å². The molecule has 21 heavy (non-hydrogen) atoms. The number of hydrogen-bond donors (Lipinski definition) is 1. The van der Waals surface area contributed by atoms with E-state index in [1.807, 2.05) is 0 Å². The van der Waals surface area contributed by atoms with Crippen LogP contribution in [-0.2, 0) is 6.54 Å². The van der Waals surface area contributed by atoms with E-state index >= 15 is 0 Å². The van der Waals surface area contributed by atoms with Crippen molar-refractivity contribution in [3.63, 3.8) is 0 Å². The van der Waals surface area contributed by atoms with Gasteiger partial charge in [0.15, 0.2) is 0 Å². The summed E-state index contributed by atoms with van der Waals surface area (Å²) >= 11 is 0. The van der Waals surface area contributed by atoms with Crippen molar-refractivity contribution < 1.29 is 9.90 Å². The van der Waals surface area contributed by atoms with Crippen LogP contribution in [-0.4, -0.2) is 35.2 Å². The minimum Gasteiger partial charge on any atom is -0.478 e. The molecule has 0 radical (unpaired) electrons. The van der Waals surface area contributed by atoms with E-state index in [-0.39, 0.29) is 23.4 Å². The summed E-state index contributed by atoms with van der Waals surface area (Å²) in [6.07, 6.45) is 5.67. The molecule has 0 spiro atoms. The summed E-state index contributed by atoms with van der Waals surface area (Å²) in [5.41, 5.74) is 1.17. The maximum atomic E-state index is 12.3. The normalized spacial score (nSPS) is 10.9. The zero-order valence-electron chi connectivity index (χ0n) is 11.1. The molecule has 0 saturated carbocycles. The minimum atomic E-state index is -1.13. The highest BCUT2D eigenvalue weighted by molar-refractivity contribution is 5.88. The van der Waals surface area contributed by atoms with Gasteiger partial charge in [0.2, 0.25) is 0 Å². The van der Waals surface area contributed by atoms with E-state index in [9.17, 15) is 9.59 Å². The maximum absolute atomic E-state index is 12.3. The van der Waals surface area contributed by atoms with Crippen molar-refractivity contribution in [1.29, 1.82) is 0 Å². The van der Waals surface area contributed by atoms with Crippen molar-refractivity contribution in [2.45, 2.75) is 13.5 Å². The number of rotatable bonds is 3. The molecule has 3 aromatic heterocycles. The Bertz CT molecular complexity index is 896. The molecule has 0 bridgehead atoms. The number of aromatic nitrogens is 5. The van der Waals surface area contributed by atoms with E-state index in [4.69, 9.17) is 5.11 Å². The van der Waals surface area contributed by atoms with Gasteiger partial charge in [0, 0.05) is 18.6 Å².